The molecule has 1 amide bonds. The van der Waals surface area contributed by atoms with E-state index in [0.29, 0.717) is 11.9 Å². The van der Waals surface area contributed by atoms with Gasteiger partial charge in [0.1, 0.15) is 0 Å². The summed E-state index contributed by atoms with van der Waals surface area (Å²) in [5.74, 6) is 0.667. The molecule has 0 aromatic heterocycles. The average molecular weight is 413 g/mol. The zero-order chi connectivity index (χ0) is 20.8. The molecule has 0 saturated carbocycles. The molecule has 0 spiro atoms. The SMILES string of the molecule is CC1CN(C(=O)C2CCN(C3CCN(CCCc4ccccc4)CC3)CC2)CCN1. The minimum Gasteiger partial charge on any atom is -0.340 e. The predicted octanol–water partition coefficient (Wildman–Crippen LogP) is 2.62. The Morgan fingerprint density at radius 2 is 1.73 bits per heavy atom. The lowest BCUT2D eigenvalue weighted by Gasteiger charge is -2.42. The number of aryl methyl sites for hydroxylation is 1. The number of likely N-dealkylation sites (tertiary alicyclic amines) is 2. The standard InChI is InChI=1S/C25H40N4O/c1-21-20-29(19-13-26-21)25(30)23-9-17-28(18-10-23)24-11-15-27(16-12-24)14-5-8-22-6-3-2-4-7-22/h2-4,6-7,21,23-24,26H,5,8-20H2,1H3. The summed E-state index contributed by atoms with van der Waals surface area (Å²) in [5.41, 5.74) is 1.46. The van der Waals surface area contributed by atoms with Crippen LogP contribution in [0.4, 0.5) is 0 Å². The van der Waals surface area contributed by atoms with E-state index in [1.807, 2.05) is 0 Å². The maximum Gasteiger partial charge on any atom is 0.225 e. The first kappa shape index (κ1) is 21.8. The highest BCUT2D eigenvalue weighted by atomic mass is 16.2. The van der Waals surface area contributed by atoms with Crippen LogP contribution in [0.25, 0.3) is 0 Å². The van der Waals surface area contributed by atoms with Gasteiger partial charge < -0.3 is 20.0 Å². The first-order valence-corrected chi connectivity index (χ1v) is 12.2. The van der Waals surface area contributed by atoms with Crippen LogP contribution in [0.1, 0.15) is 44.6 Å². The Bertz CT molecular complexity index is 650. The van der Waals surface area contributed by atoms with Gasteiger partial charge in [0.25, 0.3) is 0 Å². The van der Waals surface area contributed by atoms with E-state index < -0.39 is 0 Å². The van der Waals surface area contributed by atoms with Crippen molar-refractivity contribution in [1.82, 2.24) is 20.0 Å². The van der Waals surface area contributed by atoms with Crippen LogP contribution in [-0.4, -0.2) is 85.0 Å². The third-order valence-corrected chi connectivity index (χ3v) is 7.42. The number of nitrogens with one attached hydrogen (secondary N) is 1. The Hall–Kier alpha value is -1.43. The van der Waals surface area contributed by atoms with Crippen molar-refractivity contribution in [1.29, 1.82) is 0 Å². The van der Waals surface area contributed by atoms with Gasteiger partial charge in [-0.2, -0.15) is 0 Å². The number of carbonyl (C=O) groups excluding carboxylic acids is 1. The van der Waals surface area contributed by atoms with Gasteiger partial charge in [0.2, 0.25) is 5.91 Å². The van der Waals surface area contributed by atoms with Crippen molar-refractivity contribution >= 4 is 5.91 Å². The molecule has 3 fully saturated rings. The van der Waals surface area contributed by atoms with Gasteiger partial charge in [0.15, 0.2) is 0 Å². The highest BCUT2D eigenvalue weighted by Crippen LogP contribution is 2.25. The fourth-order valence-corrected chi connectivity index (χ4v) is 5.56. The van der Waals surface area contributed by atoms with E-state index in [9.17, 15) is 4.79 Å². The third kappa shape index (κ3) is 5.83. The van der Waals surface area contributed by atoms with Gasteiger partial charge in [-0.1, -0.05) is 30.3 Å². The minimum atomic E-state index is 0.254. The molecule has 30 heavy (non-hydrogen) atoms. The highest BCUT2D eigenvalue weighted by molar-refractivity contribution is 5.79. The minimum absolute atomic E-state index is 0.254. The summed E-state index contributed by atoms with van der Waals surface area (Å²) in [6.07, 6.45) is 7.13. The maximum atomic E-state index is 12.9. The van der Waals surface area contributed by atoms with Gasteiger partial charge >= 0.3 is 0 Å². The van der Waals surface area contributed by atoms with E-state index in [1.165, 1.54) is 50.9 Å². The maximum absolute atomic E-state index is 12.9. The quantitative estimate of drug-likeness (QED) is 0.780. The molecule has 166 valence electrons. The Labute approximate surface area is 182 Å². The van der Waals surface area contributed by atoms with Crippen LogP contribution in [-0.2, 0) is 11.2 Å². The molecule has 4 rings (SSSR count). The molecule has 5 nitrogen and oxygen atoms in total. The van der Waals surface area contributed by atoms with Crippen LogP contribution >= 0.6 is 0 Å². The number of rotatable bonds is 6. The van der Waals surface area contributed by atoms with E-state index in [0.717, 1.165) is 51.6 Å². The summed E-state index contributed by atoms with van der Waals surface area (Å²) in [6, 6.07) is 12.0. The zero-order valence-electron chi connectivity index (χ0n) is 18.8. The van der Waals surface area contributed by atoms with Crippen LogP contribution in [0.2, 0.25) is 0 Å². The molecule has 1 atom stereocenters. The number of piperidine rings is 2. The lowest BCUT2D eigenvalue weighted by Crippen LogP contribution is -2.54. The van der Waals surface area contributed by atoms with Crippen molar-refractivity contribution in [2.24, 2.45) is 5.92 Å². The molecule has 1 N–H and O–H groups in total. The molecule has 0 aliphatic carbocycles. The number of hydrogen-bond donors (Lipinski definition) is 1. The van der Waals surface area contributed by atoms with Crippen LogP contribution in [0.3, 0.4) is 0 Å². The van der Waals surface area contributed by atoms with Gasteiger partial charge in [-0.05, 0) is 83.7 Å². The number of benzene rings is 1. The van der Waals surface area contributed by atoms with E-state index >= 15 is 0 Å². The normalized spacial score (nSPS) is 25.5. The van der Waals surface area contributed by atoms with Gasteiger partial charge in [-0.15, -0.1) is 0 Å². The molecule has 0 bridgehead atoms. The Balaban J connectivity index is 1.14. The van der Waals surface area contributed by atoms with Crippen LogP contribution in [0.15, 0.2) is 30.3 Å². The van der Waals surface area contributed by atoms with Crippen molar-refractivity contribution < 1.29 is 4.79 Å². The Kier molecular flexibility index (Phi) is 7.80. The topological polar surface area (TPSA) is 38.8 Å². The fraction of sp³-hybridized carbons (Fsp3) is 0.720. The summed E-state index contributed by atoms with van der Waals surface area (Å²) in [6.45, 7) is 10.8. The van der Waals surface area contributed by atoms with E-state index in [4.69, 9.17) is 0 Å². The second kappa shape index (κ2) is 10.7. The van der Waals surface area contributed by atoms with Crippen LogP contribution in [0, 0.1) is 5.92 Å². The summed E-state index contributed by atoms with van der Waals surface area (Å²) >= 11 is 0. The van der Waals surface area contributed by atoms with E-state index in [-0.39, 0.29) is 5.92 Å². The van der Waals surface area contributed by atoms with Crippen LogP contribution < -0.4 is 5.32 Å². The molecule has 5 heteroatoms. The second-order valence-corrected chi connectivity index (χ2v) is 9.61. The molecule has 1 unspecified atom stereocenters. The molecule has 3 aliphatic heterocycles. The molecule has 1 aromatic carbocycles. The van der Waals surface area contributed by atoms with Gasteiger partial charge in [0, 0.05) is 37.6 Å². The molecule has 1 aromatic rings. The van der Waals surface area contributed by atoms with Crippen molar-refractivity contribution in [2.45, 2.75) is 57.5 Å². The molecular weight excluding hydrogens is 372 g/mol. The first-order chi connectivity index (χ1) is 14.7. The summed E-state index contributed by atoms with van der Waals surface area (Å²) < 4.78 is 0. The predicted molar refractivity (Wildman–Crippen MR) is 123 cm³/mol. The zero-order valence-corrected chi connectivity index (χ0v) is 18.8. The van der Waals surface area contributed by atoms with E-state index in [1.54, 1.807) is 0 Å². The first-order valence-electron chi connectivity index (χ1n) is 12.2. The van der Waals surface area contributed by atoms with Crippen molar-refractivity contribution in [3.8, 4) is 0 Å². The molecule has 3 aliphatic rings. The van der Waals surface area contributed by atoms with Crippen LogP contribution in [0.5, 0.6) is 0 Å². The van der Waals surface area contributed by atoms with Gasteiger partial charge in [0.05, 0.1) is 0 Å². The number of amides is 1. The van der Waals surface area contributed by atoms with E-state index in [2.05, 4.69) is 57.3 Å². The monoisotopic (exact) mass is 412 g/mol. The average Bonchev–Trinajstić information content (AvgIpc) is 2.80. The molecule has 3 saturated heterocycles. The molecule has 3 heterocycles. The second-order valence-electron chi connectivity index (χ2n) is 9.61. The summed E-state index contributed by atoms with van der Waals surface area (Å²) in [4.78, 5) is 20.3. The lowest BCUT2D eigenvalue weighted by atomic mass is 9.92. The number of piperazine rings is 1. The Morgan fingerprint density at radius 1 is 1.00 bits per heavy atom. The van der Waals surface area contributed by atoms with Gasteiger partial charge in [-0.3, -0.25) is 4.79 Å². The largest absolute Gasteiger partial charge is 0.340 e. The highest BCUT2D eigenvalue weighted by Gasteiger charge is 2.33. The number of hydrogen-bond acceptors (Lipinski definition) is 4. The van der Waals surface area contributed by atoms with Crippen molar-refractivity contribution in [2.75, 3.05) is 52.4 Å². The van der Waals surface area contributed by atoms with Crippen molar-refractivity contribution in [3.05, 3.63) is 35.9 Å². The fourth-order valence-electron chi connectivity index (χ4n) is 5.56. The summed E-state index contributed by atoms with van der Waals surface area (Å²) in [7, 11) is 0. The Morgan fingerprint density at radius 3 is 2.43 bits per heavy atom. The smallest absolute Gasteiger partial charge is 0.225 e. The molecular formula is C25H40N4O. The number of carbonyl (C=O) groups is 1. The molecule has 0 radical (unpaired) electrons. The van der Waals surface area contributed by atoms with Crippen molar-refractivity contribution in [3.63, 3.8) is 0 Å². The number of nitrogens with zero attached hydrogens (tertiary/aromatic N) is 3. The third-order valence-electron chi connectivity index (χ3n) is 7.42. The summed E-state index contributed by atoms with van der Waals surface area (Å²) in [5, 5.41) is 3.44. The van der Waals surface area contributed by atoms with Gasteiger partial charge in [-0.25, -0.2) is 0 Å². The lowest BCUT2D eigenvalue weighted by molar-refractivity contribution is -0.138.